The normalized spacial score (nSPS) is 18.9. The zero-order chi connectivity index (χ0) is 22.3. The van der Waals surface area contributed by atoms with Gasteiger partial charge in [0.15, 0.2) is 11.6 Å². The Morgan fingerprint density at radius 2 is 1.88 bits per heavy atom. The minimum absolute atomic E-state index is 0.151. The molecule has 1 saturated heterocycles. The van der Waals surface area contributed by atoms with Crippen LogP contribution in [0.1, 0.15) is 44.9 Å². The number of methoxy groups -OCH3 is 1. The van der Waals surface area contributed by atoms with E-state index in [1.54, 1.807) is 6.07 Å². The van der Waals surface area contributed by atoms with Crippen LogP contribution in [0, 0.1) is 11.7 Å². The van der Waals surface area contributed by atoms with E-state index in [9.17, 15) is 9.18 Å². The lowest BCUT2D eigenvalue weighted by atomic mass is 9.89. The van der Waals surface area contributed by atoms with Crippen molar-refractivity contribution in [2.75, 3.05) is 36.1 Å². The average molecular weight is 444 g/mol. The number of hydrogen-bond donors (Lipinski definition) is 4. The number of nitrogens with one attached hydrogen (secondary N) is 4. The van der Waals surface area contributed by atoms with Crippen LogP contribution in [-0.2, 0) is 4.79 Å². The zero-order valence-electron chi connectivity index (χ0n) is 18.3. The monoisotopic (exact) mass is 443 g/mol. The van der Waals surface area contributed by atoms with Gasteiger partial charge in [-0.1, -0.05) is 19.3 Å². The van der Waals surface area contributed by atoms with E-state index in [0.717, 1.165) is 25.9 Å². The number of amides is 1. The third-order valence-electron chi connectivity index (χ3n) is 5.93. The fourth-order valence-electron chi connectivity index (χ4n) is 4.17. The maximum Gasteiger partial charge on any atom is 0.243 e. The molecule has 1 unspecified atom stereocenters. The standard InChI is InChI=1S/C22H30FN7O2/c1-32-18-10-9-15(12-16(18)23)26-21-28-20(25-13-14-6-3-2-4-7-14)29-22(30-21)27-19(31)17-8-5-11-24-17/h9-10,12,14,17,24H,2-8,11,13H2,1H3,(H3,25,26,27,28,29,30,31). The van der Waals surface area contributed by atoms with Crippen molar-refractivity contribution < 1.29 is 13.9 Å². The highest BCUT2D eigenvalue weighted by atomic mass is 19.1. The third kappa shape index (κ3) is 5.82. The van der Waals surface area contributed by atoms with Gasteiger partial charge in [0.05, 0.1) is 13.2 Å². The molecule has 1 amide bonds. The molecule has 1 aromatic carbocycles. The van der Waals surface area contributed by atoms with Gasteiger partial charge in [0.1, 0.15) is 0 Å². The largest absolute Gasteiger partial charge is 0.494 e. The van der Waals surface area contributed by atoms with Crippen molar-refractivity contribution in [3.63, 3.8) is 0 Å². The number of benzene rings is 1. The molecule has 2 aliphatic rings. The maximum absolute atomic E-state index is 14.1. The molecule has 1 saturated carbocycles. The minimum atomic E-state index is -0.497. The Morgan fingerprint density at radius 3 is 2.59 bits per heavy atom. The molecule has 4 rings (SSSR count). The highest BCUT2D eigenvalue weighted by molar-refractivity contribution is 5.93. The highest BCUT2D eigenvalue weighted by Gasteiger charge is 2.23. The molecule has 1 aliphatic carbocycles. The van der Waals surface area contributed by atoms with Crippen molar-refractivity contribution in [3.05, 3.63) is 24.0 Å². The summed E-state index contributed by atoms with van der Waals surface area (Å²) < 4.78 is 19.1. The quantitative estimate of drug-likeness (QED) is 0.491. The summed E-state index contributed by atoms with van der Waals surface area (Å²) in [4.78, 5) is 25.7. The molecule has 0 radical (unpaired) electrons. The first-order chi connectivity index (χ1) is 15.6. The van der Waals surface area contributed by atoms with Crippen molar-refractivity contribution in [1.29, 1.82) is 0 Å². The molecule has 1 atom stereocenters. The van der Waals surface area contributed by atoms with Gasteiger partial charge in [-0.25, -0.2) is 4.39 Å². The Kier molecular flexibility index (Phi) is 7.31. The second kappa shape index (κ2) is 10.5. The summed E-state index contributed by atoms with van der Waals surface area (Å²) in [5, 5.41) is 12.2. The SMILES string of the molecule is COc1ccc(Nc2nc(NCC3CCCCC3)nc(NC(=O)C3CCCN3)n2)cc1F. The van der Waals surface area contributed by atoms with Crippen LogP contribution in [0.4, 0.5) is 27.9 Å². The van der Waals surface area contributed by atoms with Crippen LogP contribution in [0.15, 0.2) is 18.2 Å². The van der Waals surface area contributed by atoms with Gasteiger partial charge in [0, 0.05) is 18.3 Å². The minimum Gasteiger partial charge on any atom is -0.494 e. The van der Waals surface area contributed by atoms with Gasteiger partial charge in [-0.2, -0.15) is 15.0 Å². The van der Waals surface area contributed by atoms with E-state index in [-0.39, 0.29) is 29.6 Å². The predicted octanol–water partition coefficient (Wildman–Crippen LogP) is 3.45. The number of hydrogen-bond acceptors (Lipinski definition) is 8. The zero-order valence-corrected chi connectivity index (χ0v) is 18.3. The Bertz CT molecular complexity index is 930. The number of rotatable bonds is 8. The van der Waals surface area contributed by atoms with E-state index in [4.69, 9.17) is 4.74 Å². The lowest BCUT2D eigenvalue weighted by molar-refractivity contribution is -0.117. The molecule has 172 valence electrons. The molecule has 32 heavy (non-hydrogen) atoms. The number of nitrogens with zero attached hydrogens (tertiary/aromatic N) is 3. The van der Waals surface area contributed by atoms with Crippen molar-refractivity contribution in [3.8, 4) is 5.75 Å². The van der Waals surface area contributed by atoms with E-state index in [1.807, 2.05) is 0 Å². The number of ether oxygens (including phenoxy) is 1. The van der Waals surface area contributed by atoms with E-state index >= 15 is 0 Å². The van der Waals surface area contributed by atoms with Gasteiger partial charge in [-0.3, -0.25) is 10.1 Å². The van der Waals surface area contributed by atoms with Crippen molar-refractivity contribution in [2.24, 2.45) is 5.92 Å². The second-order valence-electron chi connectivity index (χ2n) is 8.30. The molecule has 1 aromatic heterocycles. The third-order valence-corrected chi connectivity index (χ3v) is 5.93. The molecule has 4 N–H and O–H groups in total. The summed E-state index contributed by atoms with van der Waals surface area (Å²) in [5.41, 5.74) is 0.461. The van der Waals surface area contributed by atoms with Crippen LogP contribution in [0.3, 0.4) is 0 Å². The lowest BCUT2D eigenvalue weighted by Crippen LogP contribution is -2.36. The Labute approximate surface area is 187 Å². The maximum atomic E-state index is 14.1. The predicted molar refractivity (Wildman–Crippen MR) is 121 cm³/mol. The average Bonchev–Trinajstić information content (AvgIpc) is 3.34. The molecule has 0 spiro atoms. The fraction of sp³-hybridized carbons (Fsp3) is 0.545. The summed E-state index contributed by atoms with van der Waals surface area (Å²) >= 11 is 0. The van der Waals surface area contributed by atoms with Crippen molar-refractivity contribution in [2.45, 2.75) is 51.0 Å². The molecule has 10 heteroatoms. The fourth-order valence-corrected chi connectivity index (χ4v) is 4.17. The summed E-state index contributed by atoms with van der Waals surface area (Å²) in [5.74, 6) is 0.797. The first-order valence-electron chi connectivity index (χ1n) is 11.3. The van der Waals surface area contributed by atoms with Gasteiger partial charge in [0.25, 0.3) is 0 Å². The first kappa shape index (κ1) is 22.2. The topological polar surface area (TPSA) is 113 Å². The number of halogens is 1. The number of carbonyl (C=O) groups excluding carboxylic acids is 1. The van der Waals surface area contributed by atoms with E-state index in [1.165, 1.54) is 51.3 Å². The number of aromatic nitrogens is 3. The van der Waals surface area contributed by atoms with Gasteiger partial charge in [-0.15, -0.1) is 0 Å². The van der Waals surface area contributed by atoms with Crippen LogP contribution >= 0.6 is 0 Å². The molecule has 1 aliphatic heterocycles. The smallest absolute Gasteiger partial charge is 0.243 e. The molecule has 9 nitrogen and oxygen atoms in total. The second-order valence-corrected chi connectivity index (χ2v) is 8.30. The summed E-state index contributed by atoms with van der Waals surface area (Å²) in [7, 11) is 1.41. The Balaban J connectivity index is 1.51. The van der Waals surface area contributed by atoms with Crippen molar-refractivity contribution in [1.82, 2.24) is 20.3 Å². The van der Waals surface area contributed by atoms with Crippen LogP contribution < -0.4 is 26.0 Å². The molecule has 2 fully saturated rings. The van der Waals surface area contributed by atoms with Crippen LogP contribution in [0.5, 0.6) is 5.75 Å². The Morgan fingerprint density at radius 1 is 1.09 bits per heavy atom. The van der Waals surface area contributed by atoms with Gasteiger partial charge < -0.3 is 20.7 Å². The number of carbonyl (C=O) groups is 1. The summed E-state index contributed by atoms with van der Waals surface area (Å²) in [6, 6.07) is 4.24. The highest BCUT2D eigenvalue weighted by Crippen LogP contribution is 2.25. The van der Waals surface area contributed by atoms with E-state index in [2.05, 4.69) is 36.2 Å². The first-order valence-corrected chi connectivity index (χ1v) is 11.3. The molecule has 0 bridgehead atoms. The summed E-state index contributed by atoms with van der Waals surface area (Å²) in [6.45, 7) is 1.58. The van der Waals surface area contributed by atoms with E-state index in [0.29, 0.717) is 17.6 Å². The van der Waals surface area contributed by atoms with Crippen LogP contribution in [-0.4, -0.2) is 47.1 Å². The molecule has 2 aromatic rings. The van der Waals surface area contributed by atoms with Crippen molar-refractivity contribution >= 4 is 29.4 Å². The van der Waals surface area contributed by atoms with Gasteiger partial charge in [0.2, 0.25) is 23.8 Å². The lowest BCUT2D eigenvalue weighted by Gasteiger charge is -2.22. The van der Waals surface area contributed by atoms with Crippen LogP contribution in [0.2, 0.25) is 0 Å². The molecule has 2 heterocycles. The van der Waals surface area contributed by atoms with Gasteiger partial charge >= 0.3 is 0 Å². The summed E-state index contributed by atoms with van der Waals surface area (Å²) in [6.07, 6.45) is 7.89. The Hall–Kier alpha value is -3.01. The molecular formula is C22H30FN7O2. The van der Waals surface area contributed by atoms with E-state index < -0.39 is 5.82 Å². The molecular weight excluding hydrogens is 413 g/mol. The van der Waals surface area contributed by atoms with Gasteiger partial charge in [-0.05, 0) is 50.3 Å². The van der Waals surface area contributed by atoms with Crippen LogP contribution in [0.25, 0.3) is 0 Å². The number of anilines is 4.